The number of aliphatic hydroxyl groups is 1. The lowest BCUT2D eigenvalue weighted by Crippen LogP contribution is -2.46. The van der Waals surface area contributed by atoms with Crippen molar-refractivity contribution in [2.75, 3.05) is 6.54 Å². The highest BCUT2D eigenvalue weighted by Crippen LogP contribution is 2.34. The number of hydrogen-bond acceptors (Lipinski definition) is 2. The Kier molecular flexibility index (Phi) is 7.01. The minimum Gasteiger partial charge on any atom is -0.389 e. The number of hydrogen-bond donors (Lipinski definition) is 2. The van der Waals surface area contributed by atoms with E-state index in [1.165, 1.54) is 64.2 Å². The molecule has 0 aromatic heterocycles. The zero-order chi connectivity index (χ0) is 15.1. The molecule has 2 rings (SSSR count). The van der Waals surface area contributed by atoms with Crippen molar-refractivity contribution >= 4 is 0 Å². The maximum atomic E-state index is 10.8. The molecule has 2 heteroatoms. The van der Waals surface area contributed by atoms with Crippen LogP contribution >= 0.6 is 0 Å². The average Bonchev–Trinajstić information content (AvgIpc) is 2.72. The van der Waals surface area contributed by atoms with Gasteiger partial charge in [-0.15, -0.1) is 0 Å². The minimum atomic E-state index is -0.416. The predicted molar refractivity (Wildman–Crippen MR) is 90.5 cm³/mol. The van der Waals surface area contributed by atoms with Gasteiger partial charge in [0, 0.05) is 12.6 Å². The Morgan fingerprint density at radius 2 is 1.71 bits per heavy atom. The summed E-state index contributed by atoms with van der Waals surface area (Å²) in [5.41, 5.74) is -0.416. The van der Waals surface area contributed by atoms with E-state index in [9.17, 15) is 5.11 Å². The molecule has 2 saturated carbocycles. The second-order valence-corrected chi connectivity index (χ2v) is 7.82. The average molecular weight is 296 g/mol. The van der Waals surface area contributed by atoms with Crippen LogP contribution in [0.15, 0.2) is 0 Å². The smallest absolute Gasteiger partial charge is 0.0771 e. The van der Waals surface area contributed by atoms with Gasteiger partial charge in [0.25, 0.3) is 0 Å². The zero-order valence-electron chi connectivity index (χ0n) is 14.4. The summed E-state index contributed by atoms with van der Waals surface area (Å²) in [4.78, 5) is 0. The molecule has 21 heavy (non-hydrogen) atoms. The molecule has 0 aromatic rings. The predicted octanol–water partition coefficient (Wildman–Crippen LogP) is 4.66. The molecule has 0 bridgehead atoms. The van der Waals surface area contributed by atoms with Crippen molar-refractivity contribution in [3.63, 3.8) is 0 Å². The van der Waals surface area contributed by atoms with Crippen molar-refractivity contribution in [2.45, 2.75) is 103 Å². The second-order valence-electron chi connectivity index (χ2n) is 7.82. The molecule has 124 valence electrons. The standard InChI is InChI=1S/C19H37NO/c1-3-6-17-7-5-8-18(10-9-17)20-15-19(21)13-11-16(4-2)12-14-19/h16-18,20-21H,3-15H2,1-2H3. The summed E-state index contributed by atoms with van der Waals surface area (Å²) < 4.78 is 0. The highest BCUT2D eigenvalue weighted by molar-refractivity contribution is 4.88. The normalized spacial score (nSPS) is 38.1. The van der Waals surface area contributed by atoms with E-state index >= 15 is 0 Å². The molecule has 0 amide bonds. The molecule has 0 spiro atoms. The summed E-state index contributed by atoms with van der Waals surface area (Å²) >= 11 is 0. The molecule has 0 heterocycles. The third kappa shape index (κ3) is 5.56. The van der Waals surface area contributed by atoms with E-state index in [1.54, 1.807) is 0 Å². The first-order valence-corrected chi connectivity index (χ1v) is 9.61. The van der Waals surface area contributed by atoms with Crippen LogP contribution in [0.1, 0.15) is 90.9 Å². The summed E-state index contributed by atoms with van der Waals surface area (Å²) in [5, 5.41) is 14.5. The van der Waals surface area contributed by atoms with Gasteiger partial charge in [0.15, 0.2) is 0 Å². The van der Waals surface area contributed by atoms with Gasteiger partial charge in [0.05, 0.1) is 5.60 Å². The third-order valence-corrected chi connectivity index (χ3v) is 6.12. The lowest BCUT2D eigenvalue weighted by Gasteiger charge is -2.37. The van der Waals surface area contributed by atoms with Crippen molar-refractivity contribution in [1.82, 2.24) is 5.32 Å². The van der Waals surface area contributed by atoms with E-state index in [2.05, 4.69) is 19.2 Å². The maximum absolute atomic E-state index is 10.8. The zero-order valence-corrected chi connectivity index (χ0v) is 14.4. The van der Waals surface area contributed by atoms with Crippen LogP contribution in [-0.2, 0) is 0 Å². The van der Waals surface area contributed by atoms with Crippen molar-refractivity contribution in [3.8, 4) is 0 Å². The molecule has 0 aliphatic heterocycles. The van der Waals surface area contributed by atoms with E-state index in [0.29, 0.717) is 6.04 Å². The van der Waals surface area contributed by atoms with E-state index in [-0.39, 0.29) is 0 Å². The molecule has 0 aromatic carbocycles. The van der Waals surface area contributed by atoms with Crippen LogP contribution in [-0.4, -0.2) is 23.3 Å². The molecule has 0 radical (unpaired) electrons. The first-order chi connectivity index (χ1) is 10.1. The summed E-state index contributed by atoms with van der Waals surface area (Å²) in [6, 6.07) is 0.653. The monoisotopic (exact) mass is 295 g/mol. The van der Waals surface area contributed by atoms with E-state index in [4.69, 9.17) is 0 Å². The molecule has 2 aliphatic carbocycles. The van der Waals surface area contributed by atoms with Gasteiger partial charge in [0.2, 0.25) is 0 Å². The molecule has 0 saturated heterocycles. The van der Waals surface area contributed by atoms with Gasteiger partial charge < -0.3 is 10.4 Å². The Morgan fingerprint density at radius 3 is 2.38 bits per heavy atom. The highest BCUT2D eigenvalue weighted by Gasteiger charge is 2.33. The number of nitrogens with one attached hydrogen (secondary N) is 1. The Hall–Kier alpha value is -0.0800. The van der Waals surface area contributed by atoms with Gasteiger partial charge in [-0.25, -0.2) is 0 Å². The first kappa shape index (κ1) is 17.3. The van der Waals surface area contributed by atoms with E-state index in [0.717, 1.165) is 31.2 Å². The Balaban J connectivity index is 1.70. The molecule has 2 N–H and O–H groups in total. The van der Waals surface area contributed by atoms with Crippen LogP contribution in [0.3, 0.4) is 0 Å². The van der Waals surface area contributed by atoms with Crippen LogP contribution < -0.4 is 5.32 Å². The minimum absolute atomic E-state index is 0.416. The Morgan fingerprint density at radius 1 is 0.952 bits per heavy atom. The van der Waals surface area contributed by atoms with Crippen molar-refractivity contribution in [1.29, 1.82) is 0 Å². The van der Waals surface area contributed by atoms with Crippen LogP contribution in [0.25, 0.3) is 0 Å². The molecule has 2 nitrogen and oxygen atoms in total. The molecule has 2 unspecified atom stereocenters. The molecule has 2 fully saturated rings. The van der Waals surface area contributed by atoms with Gasteiger partial charge in [0.1, 0.15) is 0 Å². The van der Waals surface area contributed by atoms with Gasteiger partial charge in [-0.1, -0.05) is 46.0 Å². The summed E-state index contributed by atoms with van der Waals surface area (Å²) in [6.45, 7) is 5.42. The molecular weight excluding hydrogens is 258 g/mol. The van der Waals surface area contributed by atoms with Gasteiger partial charge in [-0.2, -0.15) is 0 Å². The van der Waals surface area contributed by atoms with Crippen molar-refractivity contribution < 1.29 is 5.11 Å². The Labute approximate surface area is 132 Å². The van der Waals surface area contributed by atoms with Crippen LogP contribution in [0.2, 0.25) is 0 Å². The van der Waals surface area contributed by atoms with Crippen molar-refractivity contribution in [2.24, 2.45) is 11.8 Å². The highest BCUT2D eigenvalue weighted by atomic mass is 16.3. The third-order valence-electron chi connectivity index (χ3n) is 6.12. The van der Waals surface area contributed by atoms with E-state index < -0.39 is 5.60 Å². The fraction of sp³-hybridized carbons (Fsp3) is 1.00. The van der Waals surface area contributed by atoms with Gasteiger partial charge >= 0.3 is 0 Å². The van der Waals surface area contributed by atoms with Gasteiger partial charge in [-0.05, 0) is 56.8 Å². The fourth-order valence-electron chi connectivity index (χ4n) is 4.41. The summed E-state index contributed by atoms with van der Waals surface area (Å²) in [7, 11) is 0. The second kappa shape index (κ2) is 8.53. The summed E-state index contributed by atoms with van der Waals surface area (Å²) in [6.07, 6.45) is 15.3. The maximum Gasteiger partial charge on any atom is 0.0771 e. The fourth-order valence-corrected chi connectivity index (χ4v) is 4.41. The molecular formula is C19H37NO. The van der Waals surface area contributed by atoms with Crippen molar-refractivity contribution in [3.05, 3.63) is 0 Å². The largest absolute Gasteiger partial charge is 0.389 e. The first-order valence-electron chi connectivity index (χ1n) is 9.61. The van der Waals surface area contributed by atoms with E-state index in [1.807, 2.05) is 0 Å². The quantitative estimate of drug-likeness (QED) is 0.699. The summed E-state index contributed by atoms with van der Waals surface area (Å²) in [5.74, 6) is 1.82. The molecule has 2 aliphatic rings. The van der Waals surface area contributed by atoms with Gasteiger partial charge in [-0.3, -0.25) is 0 Å². The van der Waals surface area contributed by atoms with Crippen LogP contribution in [0, 0.1) is 11.8 Å². The lowest BCUT2D eigenvalue weighted by molar-refractivity contribution is -0.0110. The SMILES string of the molecule is CCCC1CCCC(NCC2(O)CCC(CC)CC2)CC1. The van der Waals surface area contributed by atoms with Crippen LogP contribution in [0.5, 0.6) is 0 Å². The number of rotatable bonds is 6. The Bertz CT molecular complexity index is 283. The molecule has 2 atom stereocenters. The lowest BCUT2D eigenvalue weighted by atomic mass is 9.77. The topological polar surface area (TPSA) is 32.3 Å². The van der Waals surface area contributed by atoms with Crippen LogP contribution in [0.4, 0.5) is 0 Å².